The Labute approximate surface area is 97.9 Å². The minimum atomic E-state index is -0.0666. The van der Waals surface area contributed by atoms with E-state index in [0.717, 1.165) is 29.4 Å². The molecule has 0 radical (unpaired) electrons. The van der Waals surface area contributed by atoms with Gasteiger partial charge in [0.05, 0.1) is 6.10 Å². The minimum Gasteiger partial charge on any atom is -0.393 e. The number of hydrogen-bond donors (Lipinski definition) is 1. The number of aromatic nitrogens is 1. The van der Waals surface area contributed by atoms with Crippen molar-refractivity contribution < 1.29 is 5.11 Å². The van der Waals surface area contributed by atoms with Gasteiger partial charge in [-0.3, -0.25) is 4.98 Å². The van der Waals surface area contributed by atoms with Gasteiger partial charge in [0.2, 0.25) is 0 Å². The van der Waals surface area contributed by atoms with Crippen LogP contribution in [-0.4, -0.2) is 16.2 Å². The summed E-state index contributed by atoms with van der Waals surface area (Å²) in [6.07, 6.45) is 5.99. The minimum absolute atomic E-state index is 0.0666. The average molecular weight is 303 g/mol. The Morgan fingerprint density at radius 3 is 2.50 bits per heavy atom. The Hall–Kier alpha value is -0.160. The lowest BCUT2D eigenvalue weighted by atomic mass is 9.83. The van der Waals surface area contributed by atoms with Crippen LogP contribution in [0.25, 0.3) is 0 Å². The molecule has 0 aliphatic heterocycles. The molecule has 3 heteroatoms. The average Bonchev–Trinajstić information content (AvgIpc) is 2.21. The molecule has 1 aromatic rings. The maximum atomic E-state index is 9.40. The second-order valence-electron chi connectivity index (χ2n) is 3.92. The first kappa shape index (κ1) is 10.4. The summed E-state index contributed by atoms with van der Waals surface area (Å²) in [7, 11) is 0. The number of halogens is 1. The van der Waals surface area contributed by atoms with E-state index in [2.05, 4.69) is 39.7 Å². The lowest BCUT2D eigenvalue weighted by molar-refractivity contribution is 0.122. The van der Waals surface area contributed by atoms with Gasteiger partial charge < -0.3 is 5.11 Å². The van der Waals surface area contributed by atoms with Crippen LogP contribution < -0.4 is 0 Å². The molecule has 0 amide bonds. The summed E-state index contributed by atoms with van der Waals surface area (Å²) in [4.78, 5) is 4.30. The Bertz CT molecular complexity index is 291. The standard InChI is InChI=1S/C11H14INO/c12-11-6-3-9(7-13-11)8-1-4-10(14)5-2-8/h3,6-8,10,14H,1-2,4-5H2. The van der Waals surface area contributed by atoms with Gasteiger partial charge in [-0.15, -0.1) is 0 Å². The van der Waals surface area contributed by atoms with Gasteiger partial charge in [0, 0.05) is 6.20 Å². The van der Waals surface area contributed by atoms with E-state index in [1.807, 2.05) is 6.20 Å². The topological polar surface area (TPSA) is 33.1 Å². The second-order valence-corrected chi connectivity index (χ2v) is 5.02. The fourth-order valence-corrected chi connectivity index (χ4v) is 2.36. The van der Waals surface area contributed by atoms with Gasteiger partial charge in [-0.05, 0) is 65.8 Å². The molecule has 2 rings (SSSR count). The summed E-state index contributed by atoms with van der Waals surface area (Å²) in [5.41, 5.74) is 1.33. The number of aliphatic hydroxyl groups excluding tert-OH is 1. The monoisotopic (exact) mass is 303 g/mol. The van der Waals surface area contributed by atoms with Crippen LogP contribution in [0.5, 0.6) is 0 Å². The van der Waals surface area contributed by atoms with Gasteiger partial charge in [-0.1, -0.05) is 6.07 Å². The fraction of sp³-hybridized carbons (Fsp3) is 0.545. The quantitative estimate of drug-likeness (QED) is 0.639. The van der Waals surface area contributed by atoms with Crippen LogP contribution in [0.2, 0.25) is 0 Å². The third kappa shape index (κ3) is 2.45. The van der Waals surface area contributed by atoms with E-state index in [1.165, 1.54) is 5.56 Å². The largest absolute Gasteiger partial charge is 0.393 e. The zero-order valence-corrected chi connectivity index (χ0v) is 10.1. The van der Waals surface area contributed by atoms with Crippen LogP contribution in [0.4, 0.5) is 0 Å². The maximum absolute atomic E-state index is 9.40. The van der Waals surface area contributed by atoms with E-state index in [1.54, 1.807) is 0 Å². The molecular weight excluding hydrogens is 289 g/mol. The lowest BCUT2D eigenvalue weighted by Crippen LogP contribution is -2.17. The molecule has 1 fully saturated rings. The number of rotatable bonds is 1. The van der Waals surface area contributed by atoms with E-state index < -0.39 is 0 Å². The summed E-state index contributed by atoms with van der Waals surface area (Å²) < 4.78 is 1.04. The Balaban J connectivity index is 2.05. The van der Waals surface area contributed by atoms with Crippen molar-refractivity contribution in [3.05, 3.63) is 27.6 Å². The van der Waals surface area contributed by atoms with Crippen molar-refractivity contribution >= 4 is 22.6 Å². The predicted octanol–water partition coefficient (Wildman–Crippen LogP) is 2.70. The van der Waals surface area contributed by atoms with Crippen molar-refractivity contribution in [2.75, 3.05) is 0 Å². The van der Waals surface area contributed by atoms with Crippen LogP contribution in [-0.2, 0) is 0 Å². The van der Waals surface area contributed by atoms with Gasteiger partial charge in [-0.2, -0.15) is 0 Å². The van der Waals surface area contributed by atoms with E-state index in [0.29, 0.717) is 5.92 Å². The van der Waals surface area contributed by atoms with Gasteiger partial charge in [0.15, 0.2) is 0 Å². The van der Waals surface area contributed by atoms with Crippen molar-refractivity contribution in [1.29, 1.82) is 0 Å². The fourth-order valence-electron chi connectivity index (χ4n) is 2.04. The lowest BCUT2D eigenvalue weighted by Gasteiger charge is -2.25. The van der Waals surface area contributed by atoms with E-state index >= 15 is 0 Å². The predicted molar refractivity (Wildman–Crippen MR) is 64.2 cm³/mol. The van der Waals surface area contributed by atoms with Crippen LogP contribution in [0.3, 0.4) is 0 Å². The highest BCUT2D eigenvalue weighted by Gasteiger charge is 2.20. The van der Waals surface area contributed by atoms with E-state index in [4.69, 9.17) is 0 Å². The summed E-state index contributed by atoms with van der Waals surface area (Å²) in [5.74, 6) is 0.614. The molecule has 0 unspecified atom stereocenters. The number of aliphatic hydroxyl groups is 1. The molecule has 1 aromatic heterocycles. The Morgan fingerprint density at radius 2 is 1.93 bits per heavy atom. The van der Waals surface area contributed by atoms with Crippen molar-refractivity contribution in [3.8, 4) is 0 Å². The van der Waals surface area contributed by atoms with Crippen molar-refractivity contribution in [3.63, 3.8) is 0 Å². The molecule has 0 aromatic carbocycles. The number of pyridine rings is 1. The number of nitrogens with zero attached hydrogens (tertiary/aromatic N) is 1. The van der Waals surface area contributed by atoms with Crippen LogP contribution >= 0.6 is 22.6 Å². The number of hydrogen-bond acceptors (Lipinski definition) is 2. The molecule has 0 bridgehead atoms. The molecule has 1 heterocycles. The van der Waals surface area contributed by atoms with Gasteiger partial charge >= 0.3 is 0 Å². The van der Waals surface area contributed by atoms with Crippen molar-refractivity contribution in [1.82, 2.24) is 4.98 Å². The molecule has 0 spiro atoms. The van der Waals surface area contributed by atoms with E-state index in [9.17, 15) is 5.11 Å². The first-order valence-corrected chi connectivity index (χ1v) is 6.13. The summed E-state index contributed by atoms with van der Waals surface area (Å²) in [5, 5.41) is 9.40. The zero-order valence-electron chi connectivity index (χ0n) is 7.99. The normalized spacial score (nSPS) is 27.6. The molecule has 1 N–H and O–H groups in total. The first-order valence-electron chi connectivity index (χ1n) is 5.05. The van der Waals surface area contributed by atoms with Crippen molar-refractivity contribution in [2.24, 2.45) is 0 Å². The SMILES string of the molecule is OC1CCC(c2ccc(I)nc2)CC1. The van der Waals surface area contributed by atoms with Crippen LogP contribution in [0, 0.1) is 3.70 Å². The second kappa shape index (κ2) is 4.57. The van der Waals surface area contributed by atoms with Gasteiger partial charge in [0.1, 0.15) is 3.70 Å². The van der Waals surface area contributed by atoms with Gasteiger partial charge in [0.25, 0.3) is 0 Å². The molecule has 0 atom stereocenters. The maximum Gasteiger partial charge on any atom is 0.101 e. The third-order valence-corrected chi connectivity index (χ3v) is 3.56. The Morgan fingerprint density at radius 1 is 1.21 bits per heavy atom. The summed E-state index contributed by atoms with van der Waals surface area (Å²) >= 11 is 2.22. The molecule has 1 aliphatic rings. The first-order chi connectivity index (χ1) is 6.75. The summed E-state index contributed by atoms with van der Waals surface area (Å²) in [6, 6.07) is 4.22. The molecule has 1 saturated carbocycles. The highest BCUT2D eigenvalue weighted by molar-refractivity contribution is 14.1. The highest BCUT2D eigenvalue weighted by atomic mass is 127. The molecule has 14 heavy (non-hydrogen) atoms. The molecular formula is C11H14INO. The smallest absolute Gasteiger partial charge is 0.101 e. The van der Waals surface area contributed by atoms with Crippen LogP contribution in [0.15, 0.2) is 18.3 Å². The van der Waals surface area contributed by atoms with E-state index in [-0.39, 0.29) is 6.10 Å². The van der Waals surface area contributed by atoms with Gasteiger partial charge in [-0.25, -0.2) is 0 Å². The molecule has 1 aliphatic carbocycles. The van der Waals surface area contributed by atoms with Crippen molar-refractivity contribution in [2.45, 2.75) is 37.7 Å². The van der Waals surface area contributed by atoms with Crippen LogP contribution in [0.1, 0.15) is 37.2 Å². The summed E-state index contributed by atoms with van der Waals surface area (Å²) in [6.45, 7) is 0. The Kier molecular flexibility index (Phi) is 3.38. The molecule has 0 saturated heterocycles. The third-order valence-electron chi connectivity index (χ3n) is 2.92. The molecule has 76 valence electrons. The molecule has 2 nitrogen and oxygen atoms in total. The zero-order chi connectivity index (χ0) is 9.97. The highest BCUT2D eigenvalue weighted by Crippen LogP contribution is 2.32.